The summed E-state index contributed by atoms with van der Waals surface area (Å²) < 4.78 is 44.6. The summed E-state index contributed by atoms with van der Waals surface area (Å²) >= 11 is 5.82. The maximum atomic E-state index is 13.6. The third-order valence-electron chi connectivity index (χ3n) is 4.46. The SMILES string of the molecule is Cc1[nH]c2ccc(F)cc2c1Cc1ccc(S(=O)(=O)c2ccc(Cl)cc2)o1. The molecule has 0 aliphatic heterocycles. The van der Waals surface area contributed by atoms with Crippen LogP contribution in [0.1, 0.15) is 17.0 Å². The zero-order chi connectivity index (χ0) is 19.2. The Morgan fingerprint density at radius 1 is 1.07 bits per heavy atom. The van der Waals surface area contributed by atoms with Crippen LogP contribution < -0.4 is 0 Å². The second kappa shape index (κ2) is 6.55. The number of aryl methyl sites for hydroxylation is 1. The minimum Gasteiger partial charge on any atom is -0.449 e. The van der Waals surface area contributed by atoms with Gasteiger partial charge in [-0.2, -0.15) is 0 Å². The number of halogens is 2. The van der Waals surface area contributed by atoms with Crippen LogP contribution in [0.4, 0.5) is 4.39 Å². The minimum atomic E-state index is -3.77. The second-order valence-electron chi connectivity index (χ2n) is 6.27. The maximum absolute atomic E-state index is 13.6. The van der Waals surface area contributed by atoms with Crippen molar-refractivity contribution in [3.63, 3.8) is 0 Å². The van der Waals surface area contributed by atoms with Crippen LogP contribution in [0.15, 0.2) is 69.0 Å². The van der Waals surface area contributed by atoms with Gasteiger partial charge in [0, 0.05) is 28.0 Å². The maximum Gasteiger partial charge on any atom is 0.239 e. The van der Waals surface area contributed by atoms with Crippen molar-refractivity contribution in [2.75, 3.05) is 0 Å². The Labute approximate surface area is 160 Å². The van der Waals surface area contributed by atoms with Crippen molar-refractivity contribution in [2.24, 2.45) is 0 Å². The monoisotopic (exact) mass is 403 g/mol. The number of nitrogens with one attached hydrogen (secondary N) is 1. The van der Waals surface area contributed by atoms with Crippen molar-refractivity contribution in [3.8, 4) is 0 Å². The summed E-state index contributed by atoms with van der Waals surface area (Å²) in [5.41, 5.74) is 2.58. The number of aromatic amines is 1. The number of furan rings is 1. The van der Waals surface area contributed by atoms with Crippen LogP contribution in [0.25, 0.3) is 10.9 Å². The molecule has 0 spiro atoms. The van der Waals surface area contributed by atoms with Gasteiger partial charge in [0.05, 0.1) is 4.90 Å². The molecule has 2 aromatic carbocycles. The molecule has 4 nitrogen and oxygen atoms in total. The Bertz CT molecular complexity index is 1240. The fourth-order valence-electron chi connectivity index (χ4n) is 3.08. The molecule has 0 unspecified atom stereocenters. The predicted octanol–water partition coefficient (Wildman–Crippen LogP) is 5.29. The predicted molar refractivity (Wildman–Crippen MR) is 101 cm³/mol. The number of benzene rings is 2. The molecule has 0 fully saturated rings. The molecule has 4 aromatic rings. The molecule has 1 N–H and O–H groups in total. The molecule has 0 aliphatic rings. The second-order valence-corrected chi connectivity index (χ2v) is 8.59. The molecule has 138 valence electrons. The van der Waals surface area contributed by atoms with Gasteiger partial charge in [0.15, 0.2) is 0 Å². The summed E-state index contributed by atoms with van der Waals surface area (Å²) in [4.78, 5) is 3.31. The van der Waals surface area contributed by atoms with Crippen molar-refractivity contribution in [1.82, 2.24) is 4.98 Å². The fraction of sp³-hybridized carbons (Fsp3) is 0.100. The highest BCUT2D eigenvalue weighted by Gasteiger charge is 2.22. The summed E-state index contributed by atoms with van der Waals surface area (Å²) in [7, 11) is -3.77. The molecule has 4 rings (SSSR count). The largest absolute Gasteiger partial charge is 0.449 e. The number of hydrogen-bond acceptors (Lipinski definition) is 3. The number of aromatic nitrogens is 1. The van der Waals surface area contributed by atoms with Crippen molar-refractivity contribution in [3.05, 3.63) is 82.5 Å². The summed E-state index contributed by atoms with van der Waals surface area (Å²) in [5, 5.41) is 1.07. The van der Waals surface area contributed by atoms with Gasteiger partial charge in [0.25, 0.3) is 0 Å². The lowest BCUT2D eigenvalue weighted by molar-refractivity contribution is 0.421. The molecule has 0 amide bonds. The molecule has 2 aromatic heterocycles. The molecule has 0 atom stereocenters. The number of hydrogen-bond donors (Lipinski definition) is 1. The summed E-state index contributed by atoms with van der Waals surface area (Å²) in [5.74, 6) is 0.156. The Kier molecular flexibility index (Phi) is 4.32. The standard InChI is InChI=1S/C20H15ClFNO3S/c1-12-17(18-10-14(22)4-8-19(18)23-12)11-15-5-9-20(26-15)27(24,25)16-6-2-13(21)3-7-16/h2-10,23H,11H2,1H3. The molecular weight excluding hydrogens is 389 g/mol. The highest BCUT2D eigenvalue weighted by molar-refractivity contribution is 7.91. The molecule has 7 heteroatoms. The van der Waals surface area contributed by atoms with E-state index in [4.69, 9.17) is 16.0 Å². The highest BCUT2D eigenvalue weighted by atomic mass is 35.5. The van der Waals surface area contributed by atoms with Crippen LogP contribution in [0.5, 0.6) is 0 Å². The van der Waals surface area contributed by atoms with Gasteiger partial charge in [-0.05, 0) is 67.1 Å². The number of fused-ring (bicyclic) bond motifs is 1. The quantitative estimate of drug-likeness (QED) is 0.503. The van der Waals surface area contributed by atoms with Gasteiger partial charge in [-0.1, -0.05) is 11.6 Å². The molecule has 0 saturated heterocycles. The first-order chi connectivity index (χ1) is 12.8. The van der Waals surface area contributed by atoms with E-state index < -0.39 is 9.84 Å². The van der Waals surface area contributed by atoms with E-state index in [0.29, 0.717) is 17.2 Å². The zero-order valence-corrected chi connectivity index (χ0v) is 15.9. The average Bonchev–Trinajstić information content (AvgIpc) is 3.22. The fourth-order valence-corrected chi connectivity index (χ4v) is 4.40. The summed E-state index contributed by atoms with van der Waals surface area (Å²) in [6.45, 7) is 1.89. The Morgan fingerprint density at radius 3 is 2.56 bits per heavy atom. The van der Waals surface area contributed by atoms with Crippen molar-refractivity contribution in [1.29, 1.82) is 0 Å². The Morgan fingerprint density at radius 2 is 1.81 bits per heavy atom. The molecule has 0 radical (unpaired) electrons. The van der Waals surface area contributed by atoms with Crippen molar-refractivity contribution in [2.45, 2.75) is 23.3 Å². The van der Waals surface area contributed by atoms with E-state index in [-0.39, 0.29) is 15.8 Å². The summed E-state index contributed by atoms with van der Waals surface area (Å²) in [6, 6.07) is 13.5. The van der Waals surface area contributed by atoms with Gasteiger partial charge in [-0.3, -0.25) is 0 Å². The van der Waals surface area contributed by atoms with Gasteiger partial charge in [-0.15, -0.1) is 0 Å². The van der Waals surface area contributed by atoms with Crippen molar-refractivity contribution >= 4 is 32.3 Å². The first-order valence-electron chi connectivity index (χ1n) is 8.20. The van der Waals surface area contributed by atoms with Crippen LogP contribution >= 0.6 is 11.6 Å². The molecule has 0 bridgehead atoms. The number of rotatable bonds is 4. The van der Waals surface area contributed by atoms with Crippen LogP contribution in [-0.4, -0.2) is 13.4 Å². The van der Waals surface area contributed by atoms with E-state index in [1.807, 2.05) is 6.92 Å². The van der Waals surface area contributed by atoms with E-state index in [1.165, 1.54) is 42.5 Å². The first-order valence-corrected chi connectivity index (χ1v) is 10.1. The van der Waals surface area contributed by atoms with E-state index >= 15 is 0 Å². The van der Waals surface area contributed by atoms with Gasteiger partial charge in [0.1, 0.15) is 11.6 Å². The molecule has 0 saturated carbocycles. The number of H-pyrrole nitrogens is 1. The van der Waals surface area contributed by atoms with Crippen molar-refractivity contribution < 1.29 is 17.2 Å². The lowest BCUT2D eigenvalue weighted by Gasteiger charge is -2.02. The van der Waals surface area contributed by atoms with Crippen LogP contribution in [-0.2, 0) is 16.3 Å². The van der Waals surface area contributed by atoms with Gasteiger partial charge in [-0.25, -0.2) is 12.8 Å². The highest BCUT2D eigenvalue weighted by Crippen LogP contribution is 2.29. The molecule has 0 aliphatic carbocycles. The number of sulfone groups is 1. The smallest absolute Gasteiger partial charge is 0.239 e. The van der Waals surface area contributed by atoms with Crippen LogP contribution in [0.3, 0.4) is 0 Å². The third kappa shape index (κ3) is 3.26. The van der Waals surface area contributed by atoms with Gasteiger partial charge >= 0.3 is 0 Å². The van der Waals surface area contributed by atoms with Gasteiger partial charge < -0.3 is 9.40 Å². The van der Waals surface area contributed by atoms with E-state index in [2.05, 4.69) is 4.98 Å². The lowest BCUT2D eigenvalue weighted by Crippen LogP contribution is -2.00. The molecule has 2 heterocycles. The normalized spacial score (nSPS) is 12.0. The Hall–Kier alpha value is -2.57. The third-order valence-corrected chi connectivity index (χ3v) is 6.35. The lowest BCUT2D eigenvalue weighted by atomic mass is 10.1. The Balaban J connectivity index is 1.69. The topological polar surface area (TPSA) is 63.1 Å². The average molecular weight is 404 g/mol. The molecule has 27 heavy (non-hydrogen) atoms. The molecular formula is C20H15ClFNO3S. The van der Waals surface area contributed by atoms with Gasteiger partial charge in [0.2, 0.25) is 14.9 Å². The van der Waals surface area contributed by atoms with E-state index in [9.17, 15) is 12.8 Å². The van der Waals surface area contributed by atoms with E-state index in [0.717, 1.165) is 22.2 Å². The first kappa shape index (κ1) is 17.8. The van der Waals surface area contributed by atoms with Crippen LogP contribution in [0, 0.1) is 12.7 Å². The minimum absolute atomic E-state index is 0.109. The van der Waals surface area contributed by atoms with Crippen LogP contribution in [0.2, 0.25) is 5.02 Å². The summed E-state index contributed by atoms with van der Waals surface area (Å²) in [6.07, 6.45) is 0.353. The zero-order valence-electron chi connectivity index (χ0n) is 14.3. The van der Waals surface area contributed by atoms with E-state index in [1.54, 1.807) is 12.1 Å².